The first-order valence-electron chi connectivity index (χ1n) is 4.79. The molecule has 0 spiro atoms. The number of rotatable bonds is 2. The van der Waals surface area contributed by atoms with E-state index in [1.807, 2.05) is 0 Å². The van der Waals surface area contributed by atoms with Crippen molar-refractivity contribution < 1.29 is 17.9 Å². The Labute approximate surface area is 101 Å². The molecule has 1 aromatic rings. The van der Waals surface area contributed by atoms with Gasteiger partial charge in [-0.15, -0.1) is 0 Å². The molecule has 0 amide bonds. The second kappa shape index (κ2) is 5.51. The third-order valence-electron chi connectivity index (χ3n) is 1.98. The maximum atomic E-state index is 11.2. The first kappa shape index (κ1) is 13.3. The van der Waals surface area contributed by atoms with Crippen LogP contribution in [0.5, 0.6) is 0 Å². The van der Waals surface area contributed by atoms with Crippen LogP contribution < -0.4 is 0 Å². The summed E-state index contributed by atoms with van der Waals surface area (Å²) in [6.07, 6.45) is 1.16. The smallest absolute Gasteiger partial charge is 0.317 e. The van der Waals surface area contributed by atoms with Crippen molar-refractivity contribution in [2.45, 2.75) is 11.3 Å². The fourth-order valence-electron chi connectivity index (χ4n) is 1.08. The number of carbonyl (C=O) groups is 1. The van der Waals surface area contributed by atoms with Crippen molar-refractivity contribution in [1.82, 2.24) is 0 Å². The average Bonchev–Trinajstić information content (AvgIpc) is 2.28. The molecule has 0 aliphatic rings. The molecule has 0 aliphatic carbocycles. The van der Waals surface area contributed by atoms with E-state index in [1.165, 1.54) is 19.2 Å². The van der Waals surface area contributed by atoms with Crippen LogP contribution in [0.25, 0.3) is 0 Å². The SMILES string of the molecule is COC(=O)CC#Cc1ccc(S(C)(=O)=O)cc1. The summed E-state index contributed by atoms with van der Waals surface area (Å²) in [5.41, 5.74) is 0.654. The molecular formula is C12H12O4S. The first-order chi connectivity index (χ1) is 7.93. The third-order valence-corrected chi connectivity index (χ3v) is 3.10. The van der Waals surface area contributed by atoms with Gasteiger partial charge in [0.1, 0.15) is 6.42 Å². The Morgan fingerprint density at radius 1 is 1.29 bits per heavy atom. The number of carbonyl (C=O) groups excluding carboxylic acids is 1. The topological polar surface area (TPSA) is 60.4 Å². The monoisotopic (exact) mass is 252 g/mol. The molecule has 0 N–H and O–H groups in total. The van der Waals surface area contributed by atoms with Crippen LogP contribution in [0.3, 0.4) is 0 Å². The molecule has 0 unspecified atom stereocenters. The number of esters is 1. The second-order valence-corrected chi connectivity index (χ2v) is 5.37. The van der Waals surface area contributed by atoms with Crippen LogP contribution in [-0.4, -0.2) is 27.8 Å². The van der Waals surface area contributed by atoms with E-state index in [1.54, 1.807) is 12.1 Å². The van der Waals surface area contributed by atoms with Gasteiger partial charge in [0, 0.05) is 11.8 Å². The molecular weight excluding hydrogens is 240 g/mol. The van der Waals surface area contributed by atoms with Crippen molar-refractivity contribution in [2.24, 2.45) is 0 Å². The van der Waals surface area contributed by atoms with Crippen molar-refractivity contribution in [3.63, 3.8) is 0 Å². The number of hydrogen-bond acceptors (Lipinski definition) is 4. The van der Waals surface area contributed by atoms with Gasteiger partial charge < -0.3 is 4.74 Å². The minimum absolute atomic E-state index is 0.0182. The normalized spacial score (nSPS) is 10.2. The van der Waals surface area contributed by atoms with Crippen molar-refractivity contribution in [3.8, 4) is 11.8 Å². The van der Waals surface area contributed by atoms with Crippen LogP contribution in [0.1, 0.15) is 12.0 Å². The zero-order chi connectivity index (χ0) is 12.9. The molecule has 0 saturated heterocycles. The van der Waals surface area contributed by atoms with Crippen molar-refractivity contribution in [3.05, 3.63) is 29.8 Å². The molecule has 90 valence electrons. The highest BCUT2D eigenvalue weighted by Gasteiger charge is 2.05. The summed E-state index contributed by atoms with van der Waals surface area (Å²) in [6, 6.07) is 6.16. The zero-order valence-electron chi connectivity index (χ0n) is 9.56. The Bertz CT molecular complexity index is 559. The number of hydrogen-bond donors (Lipinski definition) is 0. The van der Waals surface area contributed by atoms with Gasteiger partial charge in [0.15, 0.2) is 9.84 Å². The summed E-state index contributed by atoms with van der Waals surface area (Å²) in [5.74, 6) is 4.98. The second-order valence-electron chi connectivity index (χ2n) is 3.35. The number of benzene rings is 1. The molecule has 0 bridgehead atoms. The highest BCUT2D eigenvalue weighted by molar-refractivity contribution is 7.90. The van der Waals surface area contributed by atoms with Crippen molar-refractivity contribution in [2.75, 3.05) is 13.4 Å². The first-order valence-corrected chi connectivity index (χ1v) is 6.68. The summed E-state index contributed by atoms with van der Waals surface area (Å²) in [5, 5.41) is 0. The minimum Gasteiger partial charge on any atom is -0.468 e. The number of ether oxygens (including phenoxy) is 1. The lowest BCUT2D eigenvalue weighted by molar-refractivity contribution is -0.139. The number of methoxy groups -OCH3 is 1. The van der Waals surface area contributed by atoms with E-state index in [0.717, 1.165) is 6.26 Å². The lowest BCUT2D eigenvalue weighted by Crippen LogP contribution is -1.97. The molecule has 1 rings (SSSR count). The van der Waals surface area contributed by atoms with Crippen molar-refractivity contribution in [1.29, 1.82) is 0 Å². The lowest BCUT2D eigenvalue weighted by Gasteiger charge is -1.97. The lowest BCUT2D eigenvalue weighted by atomic mass is 10.2. The molecule has 0 atom stereocenters. The van der Waals surface area contributed by atoms with Gasteiger partial charge >= 0.3 is 5.97 Å². The van der Waals surface area contributed by atoms with Gasteiger partial charge in [0.2, 0.25) is 0 Å². The Morgan fingerprint density at radius 2 is 1.88 bits per heavy atom. The standard InChI is InChI=1S/C12H12O4S/c1-16-12(13)5-3-4-10-6-8-11(9-7-10)17(2,14)15/h6-9H,5H2,1-2H3. The van der Waals surface area contributed by atoms with Crippen LogP contribution in [-0.2, 0) is 19.4 Å². The van der Waals surface area contributed by atoms with E-state index in [-0.39, 0.29) is 11.3 Å². The van der Waals surface area contributed by atoms with E-state index in [4.69, 9.17) is 0 Å². The van der Waals surface area contributed by atoms with E-state index in [2.05, 4.69) is 16.6 Å². The third kappa shape index (κ3) is 4.29. The largest absolute Gasteiger partial charge is 0.468 e. The van der Waals surface area contributed by atoms with E-state index >= 15 is 0 Å². The van der Waals surface area contributed by atoms with Gasteiger partial charge in [-0.2, -0.15) is 0 Å². The molecule has 0 saturated carbocycles. The minimum atomic E-state index is -3.18. The van der Waals surface area contributed by atoms with Gasteiger partial charge in [-0.1, -0.05) is 11.8 Å². The Balaban J connectivity index is 2.79. The van der Waals surface area contributed by atoms with E-state index in [9.17, 15) is 13.2 Å². The number of sulfone groups is 1. The van der Waals surface area contributed by atoms with E-state index in [0.29, 0.717) is 5.56 Å². The van der Waals surface area contributed by atoms with E-state index < -0.39 is 15.8 Å². The van der Waals surface area contributed by atoms with Gasteiger partial charge in [-0.3, -0.25) is 4.79 Å². The summed E-state index contributed by atoms with van der Waals surface area (Å²) < 4.78 is 26.8. The maximum Gasteiger partial charge on any atom is 0.317 e. The Morgan fingerprint density at radius 3 is 2.35 bits per heavy atom. The molecule has 5 heteroatoms. The summed E-state index contributed by atoms with van der Waals surface area (Å²) in [6.45, 7) is 0. The van der Waals surface area contributed by atoms with Crippen LogP contribution in [0.2, 0.25) is 0 Å². The van der Waals surface area contributed by atoms with Crippen LogP contribution in [0.4, 0.5) is 0 Å². The summed E-state index contributed by atoms with van der Waals surface area (Å²) in [4.78, 5) is 11.0. The maximum absolute atomic E-state index is 11.2. The zero-order valence-corrected chi connectivity index (χ0v) is 10.4. The van der Waals surface area contributed by atoms with Gasteiger partial charge in [-0.25, -0.2) is 8.42 Å². The molecule has 0 aliphatic heterocycles. The summed E-state index contributed by atoms with van der Waals surface area (Å²) in [7, 11) is -1.88. The van der Waals surface area contributed by atoms with Gasteiger partial charge in [-0.05, 0) is 24.3 Å². The fraction of sp³-hybridized carbons (Fsp3) is 0.250. The molecule has 0 fully saturated rings. The average molecular weight is 252 g/mol. The molecule has 0 radical (unpaired) electrons. The quantitative estimate of drug-likeness (QED) is 0.582. The van der Waals surface area contributed by atoms with Crippen molar-refractivity contribution >= 4 is 15.8 Å². The molecule has 1 aromatic carbocycles. The van der Waals surface area contributed by atoms with Crippen LogP contribution in [0, 0.1) is 11.8 Å². The predicted octanol–water partition coefficient (Wildman–Crippen LogP) is 1.00. The molecule has 0 aromatic heterocycles. The Kier molecular flexibility index (Phi) is 4.30. The highest BCUT2D eigenvalue weighted by Crippen LogP contribution is 2.09. The fourth-order valence-corrected chi connectivity index (χ4v) is 1.71. The summed E-state index contributed by atoms with van der Waals surface area (Å²) >= 11 is 0. The predicted molar refractivity (Wildman–Crippen MR) is 63.1 cm³/mol. The Hall–Kier alpha value is -1.80. The molecule has 4 nitrogen and oxygen atoms in total. The molecule has 17 heavy (non-hydrogen) atoms. The van der Waals surface area contributed by atoms with Crippen LogP contribution in [0.15, 0.2) is 29.2 Å². The van der Waals surface area contributed by atoms with Crippen LogP contribution >= 0.6 is 0 Å². The highest BCUT2D eigenvalue weighted by atomic mass is 32.2. The van der Waals surface area contributed by atoms with Gasteiger partial charge in [0.25, 0.3) is 0 Å². The van der Waals surface area contributed by atoms with Gasteiger partial charge in [0.05, 0.1) is 12.0 Å². The molecule has 0 heterocycles.